The number of hydrogen-bond donors (Lipinski definition) is 0. The zero-order valence-corrected chi connectivity index (χ0v) is 11.6. The molecule has 1 rings (SSSR count). The van der Waals surface area contributed by atoms with E-state index in [1.54, 1.807) is 0 Å². The Balaban J connectivity index is 2.61. The summed E-state index contributed by atoms with van der Waals surface area (Å²) < 4.78 is 7.65. The normalized spacial score (nSPS) is 12.1. The van der Waals surface area contributed by atoms with E-state index < -0.39 is 0 Å². The highest BCUT2D eigenvalue weighted by atomic mass is 35.5. The van der Waals surface area contributed by atoms with E-state index in [0.717, 1.165) is 23.5 Å². The van der Waals surface area contributed by atoms with Crippen molar-refractivity contribution < 1.29 is 4.74 Å². The summed E-state index contributed by atoms with van der Waals surface area (Å²) in [5, 5.41) is 4.45. The molecule has 0 unspecified atom stereocenters. The van der Waals surface area contributed by atoms with Crippen molar-refractivity contribution in [1.29, 1.82) is 0 Å². The van der Waals surface area contributed by atoms with Gasteiger partial charge in [-0.15, -0.1) is 11.6 Å². The highest BCUT2D eigenvalue weighted by molar-refractivity contribution is 6.17. The van der Waals surface area contributed by atoms with Gasteiger partial charge in [0.2, 0.25) is 0 Å². The van der Waals surface area contributed by atoms with Crippen LogP contribution in [0.25, 0.3) is 0 Å². The van der Waals surface area contributed by atoms with Gasteiger partial charge in [0.15, 0.2) is 0 Å². The van der Waals surface area contributed by atoms with Crippen LogP contribution >= 0.6 is 11.6 Å². The Bertz CT molecular complexity index is 353. The number of ether oxygens (including phenoxy) is 1. The minimum absolute atomic E-state index is 0.0918. The molecule has 0 N–H and O–H groups in total. The molecule has 0 fully saturated rings. The van der Waals surface area contributed by atoms with Gasteiger partial charge in [0.25, 0.3) is 0 Å². The first-order valence-corrected chi connectivity index (χ1v) is 6.11. The molecule has 0 bridgehead atoms. The molecule has 0 radical (unpaired) electrons. The van der Waals surface area contributed by atoms with E-state index in [1.165, 1.54) is 0 Å². The van der Waals surface area contributed by atoms with Crippen LogP contribution in [0.3, 0.4) is 0 Å². The highest BCUT2D eigenvalue weighted by Crippen LogP contribution is 2.15. The minimum Gasteiger partial charge on any atom is -0.374 e. The first-order chi connectivity index (χ1) is 7.35. The molecule has 0 saturated carbocycles. The van der Waals surface area contributed by atoms with Gasteiger partial charge in [-0.3, -0.25) is 4.68 Å². The molecule has 4 heteroatoms. The first kappa shape index (κ1) is 13.5. The first-order valence-electron chi connectivity index (χ1n) is 5.58. The fourth-order valence-corrected chi connectivity index (χ4v) is 1.97. The third kappa shape index (κ3) is 3.49. The maximum atomic E-state index is 5.87. The summed E-state index contributed by atoms with van der Waals surface area (Å²) in [7, 11) is 0. The molecular formula is C12H21ClN2O. The van der Waals surface area contributed by atoms with Crippen molar-refractivity contribution >= 4 is 11.6 Å². The number of rotatable bonds is 4. The van der Waals surface area contributed by atoms with Crippen molar-refractivity contribution in [1.82, 2.24) is 9.78 Å². The van der Waals surface area contributed by atoms with Gasteiger partial charge >= 0.3 is 0 Å². The molecule has 1 aromatic heterocycles. The van der Waals surface area contributed by atoms with Crippen LogP contribution in [0.4, 0.5) is 0 Å². The van der Waals surface area contributed by atoms with Crippen LogP contribution in [-0.2, 0) is 17.2 Å². The molecule has 0 aliphatic heterocycles. The maximum Gasteiger partial charge on any atom is 0.0669 e. The highest BCUT2D eigenvalue weighted by Gasteiger charge is 2.12. The van der Waals surface area contributed by atoms with Gasteiger partial charge in [-0.25, -0.2) is 0 Å². The summed E-state index contributed by atoms with van der Waals surface area (Å²) in [6.07, 6.45) is 0. The molecule has 92 valence electrons. The standard InChI is InChI=1S/C12H21ClN2O/c1-9-11(8-13)10(2)15(14-9)6-7-16-12(3,4)5/h6-8H2,1-5H3. The lowest BCUT2D eigenvalue weighted by Crippen LogP contribution is -2.22. The van der Waals surface area contributed by atoms with Crippen LogP contribution in [0.2, 0.25) is 0 Å². The average Bonchev–Trinajstić information content (AvgIpc) is 2.40. The van der Waals surface area contributed by atoms with E-state index >= 15 is 0 Å². The third-order valence-electron chi connectivity index (χ3n) is 2.50. The number of nitrogens with zero attached hydrogens (tertiary/aromatic N) is 2. The van der Waals surface area contributed by atoms with E-state index in [2.05, 4.69) is 32.8 Å². The van der Waals surface area contributed by atoms with Crippen molar-refractivity contribution in [3.8, 4) is 0 Å². The SMILES string of the molecule is Cc1nn(CCOC(C)(C)C)c(C)c1CCl. The summed E-state index contributed by atoms with van der Waals surface area (Å²) in [6, 6.07) is 0. The number of halogens is 1. The van der Waals surface area contributed by atoms with Crippen molar-refractivity contribution in [3.05, 3.63) is 17.0 Å². The number of alkyl halides is 1. The predicted octanol–water partition coefficient (Wildman–Crippen LogP) is 3.05. The Morgan fingerprint density at radius 2 is 1.94 bits per heavy atom. The van der Waals surface area contributed by atoms with Crippen LogP contribution in [0.1, 0.15) is 37.7 Å². The average molecular weight is 245 g/mol. The summed E-state index contributed by atoms with van der Waals surface area (Å²) in [6.45, 7) is 11.7. The third-order valence-corrected chi connectivity index (χ3v) is 2.77. The molecule has 0 amide bonds. The van der Waals surface area contributed by atoms with Crippen molar-refractivity contribution in [3.63, 3.8) is 0 Å². The van der Waals surface area contributed by atoms with Gasteiger partial charge in [-0.2, -0.15) is 5.10 Å². The quantitative estimate of drug-likeness (QED) is 0.762. The van der Waals surface area contributed by atoms with E-state index in [1.807, 2.05) is 11.6 Å². The van der Waals surface area contributed by atoms with E-state index in [0.29, 0.717) is 12.5 Å². The van der Waals surface area contributed by atoms with Gasteiger partial charge < -0.3 is 4.74 Å². The van der Waals surface area contributed by atoms with Gasteiger partial charge in [0.1, 0.15) is 0 Å². The molecule has 0 spiro atoms. The van der Waals surface area contributed by atoms with Crippen LogP contribution in [0, 0.1) is 13.8 Å². The van der Waals surface area contributed by atoms with Crippen LogP contribution in [-0.4, -0.2) is 22.0 Å². The van der Waals surface area contributed by atoms with Gasteiger partial charge in [0.05, 0.1) is 30.3 Å². The second-order valence-electron chi connectivity index (χ2n) is 4.97. The van der Waals surface area contributed by atoms with E-state index in [4.69, 9.17) is 16.3 Å². The molecular weight excluding hydrogens is 224 g/mol. The number of aryl methyl sites for hydroxylation is 1. The predicted molar refractivity (Wildman–Crippen MR) is 67.0 cm³/mol. The van der Waals surface area contributed by atoms with Crippen molar-refractivity contribution in [2.75, 3.05) is 6.61 Å². The summed E-state index contributed by atoms with van der Waals surface area (Å²) in [5.74, 6) is 0.526. The Labute approximate surface area is 103 Å². The molecule has 0 aliphatic carbocycles. The molecule has 1 heterocycles. The number of hydrogen-bond acceptors (Lipinski definition) is 2. The second-order valence-corrected chi connectivity index (χ2v) is 5.23. The Morgan fingerprint density at radius 1 is 1.31 bits per heavy atom. The zero-order valence-electron chi connectivity index (χ0n) is 10.8. The molecule has 0 aliphatic rings. The Morgan fingerprint density at radius 3 is 2.38 bits per heavy atom. The van der Waals surface area contributed by atoms with E-state index in [-0.39, 0.29) is 5.60 Å². The Hall–Kier alpha value is -0.540. The lowest BCUT2D eigenvalue weighted by molar-refractivity contribution is -0.00810. The molecule has 0 saturated heterocycles. The van der Waals surface area contributed by atoms with Crippen molar-refractivity contribution in [2.24, 2.45) is 0 Å². The Kier molecular flexibility index (Phi) is 4.39. The molecule has 3 nitrogen and oxygen atoms in total. The fraction of sp³-hybridized carbons (Fsp3) is 0.750. The molecule has 0 aromatic carbocycles. The number of aromatic nitrogens is 2. The van der Waals surface area contributed by atoms with Gasteiger partial charge in [-0.1, -0.05) is 0 Å². The fourth-order valence-electron chi connectivity index (χ4n) is 1.58. The zero-order chi connectivity index (χ0) is 12.3. The molecule has 16 heavy (non-hydrogen) atoms. The lowest BCUT2D eigenvalue weighted by atomic mass is 10.2. The lowest BCUT2D eigenvalue weighted by Gasteiger charge is -2.19. The largest absolute Gasteiger partial charge is 0.374 e. The molecule has 0 atom stereocenters. The minimum atomic E-state index is -0.0918. The van der Waals surface area contributed by atoms with Crippen molar-refractivity contribution in [2.45, 2.75) is 52.6 Å². The van der Waals surface area contributed by atoms with Crippen LogP contribution < -0.4 is 0 Å². The second kappa shape index (κ2) is 5.19. The molecule has 1 aromatic rings. The smallest absolute Gasteiger partial charge is 0.0669 e. The van der Waals surface area contributed by atoms with Gasteiger partial charge in [0, 0.05) is 11.3 Å². The maximum absolute atomic E-state index is 5.87. The van der Waals surface area contributed by atoms with Gasteiger partial charge in [-0.05, 0) is 34.6 Å². The summed E-state index contributed by atoms with van der Waals surface area (Å²) in [4.78, 5) is 0. The monoisotopic (exact) mass is 244 g/mol. The summed E-state index contributed by atoms with van der Waals surface area (Å²) >= 11 is 5.87. The summed E-state index contributed by atoms with van der Waals surface area (Å²) in [5.41, 5.74) is 3.21. The van der Waals surface area contributed by atoms with Crippen LogP contribution in [0.15, 0.2) is 0 Å². The van der Waals surface area contributed by atoms with E-state index in [9.17, 15) is 0 Å². The van der Waals surface area contributed by atoms with Crippen LogP contribution in [0.5, 0.6) is 0 Å². The topological polar surface area (TPSA) is 27.1 Å².